The number of aromatic nitrogens is 2. The van der Waals surface area contributed by atoms with Crippen LogP contribution in [0.1, 0.15) is 30.1 Å². The molecular weight excluding hydrogens is 164 g/mol. The summed E-state index contributed by atoms with van der Waals surface area (Å²) in [4.78, 5) is 4.55. The molecule has 0 atom stereocenters. The van der Waals surface area contributed by atoms with Crippen molar-refractivity contribution < 1.29 is 4.74 Å². The number of hydrogen-bond acceptors (Lipinski definition) is 2. The smallest absolute Gasteiger partial charge is 0.109 e. The van der Waals surface area contributed by atoms with Crippen LogP contribution in [0.2, 0.25) is 0 Å². The zero-order chi connectivity index (χ0) is 9.26. The van der Waals surface area contributed by atoms with E-state index in [2.05, 4.69) is 16.5 Å². The molecule has 0 spiro atoms. The van der Waals surface area contributed by atoms with E-state index in [9.17, 15) is 0 Å². The van der Waals surface area contributed by atoms with Crippen LogP contribution < -0.4 is 0 Å². The molecule has 1 aromatic rings. The monoisotopic (exact) mass is 180 g/mol. The van der Waals surface area contributed by atoms with Gasteiger partial charge in [-0.05, 0) is 19.8 Å². The molecule has 1 aliphatic heterocycles. The van der Waals surface area contributed by atoms with E-state index in [-0.39, 0.29) is 0 Å². The molecule has 1 aromatic heterocycles. The van der Waals surface area contributed by atoms with Crippen LogP contribution >= 0.6 is 0 Å². The lowest BCUT2D eigenvalue weighted by Gasteiger charge is -2.15. The molecule has 0 radical (unpaired) electrons. The van der Waals surface area contributed by atoms with Gasteiger partial charge in [-0.25, -0.2) is 4.98 Å². The summed E-state index contributed by atoms with van der Waals surface area (Å²) >= 11 is 0. The molecule has 2 rings (SSSR count). The van der Waals surface area contributed by atoms with Crippen LogP contribution in [-0.2, 0) is 24.3 Å². The van der Waals surface area contributed by atoms with Crippen LogP contribution in [-0.4, -0.2) is 16.7 Å². The van der Waals surface area contributed by atoms with Crippen LogP contribution in [0.5, 0.6) is 0 Å². The van der Waals surface area contributed by atoms with Gasteiger partial charge in [0.25, 0.3) is 0 Å². The van der Waals surface area contributed by atoms with Gasteiger partial charge in [0.2, 0.25) is 0 Å². The molecule has 0 N–H and O–H groups in total. The first-order valence-electron chi connectivity index (χ1n) is 4.86. The van der Waals surface area contributed by atoms with Gasteiger partial charge in [0.05, 0.1) is 18.0 Å². The van der Waals surface area contributed by atoms with E-state index < -0.39 is 0 Å². The summed E-state index contributed by atoms with van der Waals surface area (Å²) < 4.78 is 7.49. The lowest BCUT2D eigenvalue weighted by atomic mass is 10.1. The van der Waals surface area contributed by atoms with Gasteiger partial charge in [-0.1, -0.05) is 0 Å². The van der Waals surface area contributed by atoms with E-state index in [1.807, 2.05) is 0 Å². The second-order valence-electron chi connectivity index (χ2n) is 3.60. The zero-order valence-corrected chi connectivity index (χ0v) is 8.34. The van der Waals surface area contributed by atoms with Crippen molar-refractivity contribution in [1.82, 2.24) is 9.55 Å². The molecule has 0 aliphatic carbocycles. The van der Waals surface area contributed by atoms with Gasteiger partial charge in [-0.3, -0.25) is 0 Å². The Hall–Kier alpha value is -0.830. The fraction of sp³-hybridized carbons (Fsp3) is 0.700. The fourth-order valence-electron chi connectivity index (χ4n) is 2.00. The molecular formula is C10H16N2O. The standard InChI is InChI=1S/C10H16N2O/c1-8-9(7-13-2)12-6-4-3-5-10(12)11-8/h3-7H2,1-2H3. The van der Waals surface area contributed by atoms with Crippen molar-refractivity contribution >= 4 is 0 Å². The normalized spacial score (nSPS) is 15.8. The van der Waals surface area contributed by atoms with Crippen LogP contribution in [0.4, 0.5) is 0 Å². The lowest BCUT2D eigenvalue weighted by Crippen LogP contribution is -2.13. The van der Waals surface area contributed by atoms with Gasteiger partial charge < -0.3 is 9.30 Å². The molecule has 0 saturated carbocycles. The Morgan fingerprint density at radius 1 is 1.46 bits per heavy atom. The zero-order valence-electron chi connectivity index (χ0n) is 8.34. The minimum atomic E-state index is 0.693. The van der Waals surface area contributed by atoms with Gasteiger partial charge in [0.1, 0.15) is 5.82 Å². The van der Waals surface area contributed by atoms with E-state index >= 15 is 0 Å². The van der Waals surface area contributed by atoms with Gasteiger partial charge in [0.15, 0.2) is 0 Å². The van der Waals surface area contributed by atoms with E-state index in [1.54, 1.807) is 7.11 Å². The molecule has 1 aliphatic rings. The van der Waals surface area contributed by atoms with Crippen molar-refractivity contribution in [1.29, 1.82) is 0 Å². The molecule has 3 heteroatoms. The first kappa shape index (κ1) is 8.75. The van der Waals surface area contributed by atoms with Crippen molar-refractivity contribution in [3.05, 3.63) is 17.2 Å². The van der Waals surface area contributed by atoms with Crippen molar-refractivity contribution in [3.63, 3.8) is 0 Å². The number of imidazole rings is 1. The predicted octanol–water partition coefficient (Wildman–Crippen LogP) is 1.67. The average Bonchev–Trinajstić information content (AvgIpc) is 2.44. The van der Waals surface area contributed by atoms with Gasteiger partial charge in [-0.15, -0.1) is 0 Å². The van der Waals surface area contributed by atoms with Gasteiger partial charge >= 0.3 is 0 Å². The fourth-order valence-corrected chi connectivity index (χ4v) is 2.00. The van der Waals surface area contributed by atoms with Crippen LogP contribution in [0, 0.1) is 6.92 Å². The first-order valence-corrected chi connectivity index (χ1v) is 4.86. The molecule has 0 saturated heterocycles. The lowest BCUT2D eigenvalue weighted by molar-refractivity contribution is 0.176. The van der Waals surface area contributed by atoms with Gasteiger partial charge in [0, 0.05) is 20.1 Å². The predicted molar refractivity (Wildman–Crippen MR) is 50.6 cm³/mol. The highest BCUT2D eigenvalue weighted by atomic mass is 16.5. The van der Waals surface area contributed by atoms with Crippen LogP contribution in [0.25, 0.3) is 0 Å². The summed E-state index contributed by atoms with van der Waals surface area (Å²) in [5.74, 6) is 1.25. The Kier molecular flexibility index (Phi) is 2.36. The number of aryl methyl sites for hydroxylation is 2. The summed E-state index contributed by atoms with van der Waals surface area (Å²) in [7, 11) is 1.74. The molecule has 0 fully saturated rings. The molecule has 72 valence electrons. The second-order valence-corrected chi connectivity index (χ2v) is 3.60. The molecule has 0 bridgehead atoms. The summed E-state index contributed by atoms with van der Waals surface area (Å²) in [6.07, 6.45) is 3.69. The Morgan fingerprint density at radius 3 is 3.08 bits per heavy atom. The SMILES string of the molecule is COCc1c(C)nc2n1CCCC2. The van der Waals surface area contributed by atoms with E-state index in [1.165, 1.54) is 24.4 Å². The number of fused-ring (bicyclic) bond motifs is 1. The average molecular weight is 180 g/mol. The largest absolute Gasteiger partial charge is 0.378 e. The third kappa shape index (κ3) is 1.48. The number of rotatable bonds is 2. The third-order valence-electron chi connectivity index (χ3n) is 2.66. The Labute approximate surface area is 78.7 Å². The van der Waals surface area contributed by atoms with Crippen LogP contribution in [0.15, 0.2) is 0 Å². The Morgan fingerprint density at radius 2 is 2.31 bits per heavy atom. The first-order chi connectivity index (χ1) is 6.33. The maximum absolute atomic E-state index is 5.17. The summed E-state index contributed by atoms with van der Waals surface area (Å²) in [5, 5.41) is 0. The maximum atomic E-state index is 5.17. The topological polar surface area (TPSA) is 27.1 Å². The van der Waals surface area contributed by atoms with Crippen LogP contribution in [0.3, 0.4) is 0 Å². The van der Waals surface area contributed by atoms with Crippen molar-refractivity contribution in [2.24, 2.45) is 0 Å². The summed E-state index contributed by atoms with van der Waals surface area (Å²) in [5.41, 5.74) is 2.40. The number of nitrogens with zero attached hydrogens (tertiary/aromatic N) is 2. The van der Waals surface area contributed by atoms with Crippen molar-refractivity contribution in [2.45, 2.75) is 39.3 Å². The number of hydrogen-bond donors (Lipinski definition) is 0. The molecule has 3 nitrogen and oxygen atoms in total. The third-order valence-corrected chi connectivity index (χ3v) is 2.66. The van der Waals surface area contributed by atoms with E-state index in [0.29, 0.717) is 6.61 Å². The molecule has 0 aromatic carbocycles. The highest BCUT2D eigenvalue weighted by Crippen LogP contribution is 2.19. The van der Waals surface area contributed by atoms with Crippen molar-refractivity contribution in [3.8, 4) is 0 Å². The second kappa shape index (κ2) is 3.50. The number of methoxy groups -OCH3 is 1. The minimum absolute atomic E-state index is 0.693. The molecule has 13 heavy (non-hydrogen) atoms. The summed E-state index contributed by atoms with van der Waals surface area (Å²) in [6, 6.07) is 0. The minimum Gasteiger partial charge on any atom is -0.378 e. The highest BCUT2D eigenvalue weighted by Gasteiger charge is 2.16. The highest BCUT2D eigenvalue weighted by molar-refractivity contribution is 5.16. The van der Waals surface area contributed by atoms with Gasteiger partial charge in [-0.2, -0.15) is 0 Å². The van der Waals surface area contributed by atoms with Crippen molar-refractivity contribution in [2.75, 3.05) is 7.11 Å². The number of ether oxygens (including phenoxy) is 1. The Bertz CT molecular complexity index is 304. The molecule has 2 heterocycles. The molecule has 0 unspecified atom stereocenters. The van der Waals surface area contributed by atoms with E-state index in [0.717, 1.165) is 18.7 Å². The molecule has 0 amide bonds. The summed E-state index contributed by atoms with van der Waals surface area (Å²) in [6.45, 7) is 3.88. The Balaban J connectivity index is 2.36. The quantitative estimate of drug-likeness (QED) is 0.692. The maximum Gasteiger partial charge on any atom is 0.109 e. The van der Waals surface area contributed by atoms with E-state index in [4.69, 9.17) is 4.74 Å².